The van der Waals surface area contributed by atoms with Crippen molar-refractivity contribution in [2.45, 2.75) is 18.9 Å². The summed E-state index contributed by atoms with van der Waals surface area (Å²) in [7, 11) is 0. The Morgan fingerprint density at radius 1 is 1.09 bits per heavy atom. The molecule has 0 saturated heterocycles. The second-order valence-electron chi connectivity index (χ2n) is 6.11. The van der Waals surface area contributed by atoms with E-state index in [2.05, 4.69) is 31.7 Å². The Balaban J connectivity index is 1.65. The first kappa shape index (κ1) is 12.7. The topological polar surface area (TPSA) is 60.7 Å². The number of aromatic nitrogens is 4. The number of imidazole rings is 1. The third-order valence-corrected chi connectivity index (χ3v) is 4.99. The Morgan fingerprint density at radius 2 is 2.00 bits per heavy atom. The molecule has 1 aromatic carbocycles. The number of carbonyl (C=O) groups excluding carboxylic acids is 1. The molecule has 0 saturated carbocycles. The molecule has 5 nitrogen and oxygen atoms in total. The lowest BCUT2D eigenvalue weighted by Gasteiger charge is -2.28. The number of Topliss-reactive ketones (excluding diaryl/α,β-unsaturated/α-hetero) is 1. The molecule has 2 atom stereocenters. The highest BCUT2D eigenvalue weighted by atomic mass is 16.1. The molecule has 2 aromatic heterocycles. The van der Waals surface area contributed by atoms with Gasteiger partial charge in [0.1, 0.15) is 6.33 Å². The minimum atomic E-state index is -0.0925. The lowest BCUT2D eigenvalue weighted by Crippen LogP contribution is -2.31. The number of nitrogens with zero attached hydrogens (tertiary/aromatic N) is 4. The van der Waals surface area contributed by atoms with Crippen molar-refractivity contribution in [3.05, 3.63) is 66.1 Å². The van der Waals surface area contributed by atoms with E-state index in [0.717, 1.165) is 24.2 Å². The van der Waals surface area contributed by atoms with Gasteiger partial charge < -0.3 is 4.57 Å². The second-order valence-corrected chi connectivity index (χ2v) is 6.11. The predicted molar refractivity (Wildman–Crippen MR) is 84.0 cm³/mol. The molecule has 5 rings (SSSR count). The molecule has 0 bridgehead atoms. The normalized spacial score (nSPS) is 21.7. The maximum Gasteiger partial charge on any atom is 0.171 e. The summed E-state index contributed by atoms with van der Waals surface area (Å²) in [5.41, 5.74) is 5.03. The van der Waals surface area contributed by atoms with Gasteiger partial charge in [-0.15, -0.1) is 0 Å². The highest BCUT2D eigenvalue weighted by Crippen LogP contribution is 2.45. The lowest BCUT2D eigenvalue weighted by molar-refractivity contribution is 0.0869. The van der Waals surface area contributed by atoms with E-state index in [-0.39, 0.29) is 17.7 Å². The number of fused-ring (bicyclic) bond motifs is 4. The van der Waals surface area contributed by atoms with Gasteiger partial charge in [-0.2, -0.15) is 0 Å². The molecule has 0 radical (unpaired) electrons. The molecule has 2 unspecified atom stereocenters. The number of aryl methyl sites for hydroxylation is 1. The largest absolute Gasteiger partial charge is 0.322 e. The maximum absolute atomic E-state index is 13.0. The van der Waals surface area contributed by atoms with Gasteiger partial charge >= 0.3 is 0 Å². The van der Waals surface area contributed by atoms with Crippen molar-refractivity contribution in [3.63, 3.8) is 0 Å². The van der Waals surface area contributed by atoms with Gasteiger partial charge in [-0.3, -0.25) is 4.79 Å². The van der Waals surface area contributed by atoms with Crippen LogP contribution in [0.25, 0.3) is 11.3 Å². The first-order chi connectivity index (χ1) is 11.3. The fraction of sp³-hybridized carbons (Fsp3) is 0.222. The fourth-order valence-corrected chi connectivity index (χ4v) is 3.97. The van der Waals surface area contributed by atoms with Crippen LogP contribution < -0.4 is 0 Å². The van der Waals surface area contributed by atoms with Crippen molar-refractivity contribution >= 4 is 5.78 Å². The smallest absolute Gasteiger partial charge is 0.171 e. The van der Waals surface area contributed by atoms with Gasteiger partial charge in [-0.1, -0.05) is 24.3 Å². The van der Waals surface area contributed by atoms with Crippen molar-refractivity contribution < 1.29 is 4.79 Å². The Bertz CT molecular complexity index is 930. The summed E-state index contributed by atoms with van der Waals surface area (Å²) in [6, 6.07) is 8.31. The van der Waals surface area contributed by atoms with Crippen molar-refractivity contribution in [1.29, 1.82) is 0 Å². The lowest BCUT2D eigenvalue weighted by atomic mass is 9.79. The first-order valence-corrected chi connectivity index (χ1v) is 7.79. The summed E-state index contributed by atoms with van der Waals surface area (Å²) < 4.78 is 2.14. The number of hydrogen-bond donors (Lipinski definition) is 0. The van der Waals surface area contributed by atoms with E-state index in [0.29, 0.717) is 5.56 Å². The number of hydrogen-bond acceptors (Lipinski definition) is 4. The third kappa shape index (κ3) is 1.67. The molecule has 112 valence electrons. The molecule has 23 heavy (non-hydrogen) atoms. The molecule has 0 N–H and O–H groups in total. The summed E-state index contributed by atoms with van der Waals surface area (Å²) in [5.74, 6) is 0.0540. The molecule has 0 amide bonds. The number of carbonyl (C=O) groups is 1. The van der Waals surface area contributed by atoms with Crippen LogP contribution in [0.3, 0.4) is 0 Å². The van der Waals surface area contributed by atoms with E-state index in [1.807, 2.05) is 24.7 Å². The van der Waals surface area contributed by atoms with Crippen LogP contribution in [0, 0.1) is 5.92 Å². The van der Waals surface area contributed by atoms with Crippen molar-refractivity contribution in [1.82, 2.24) is 19.5 Å². The van der Waals surface area contributed by atoms with Crippen LogP contribution in [0.15, 0.2) is 49.3 Å². The fourth-order valence-electron chi connectivity index (χ4n) is 3.97. The predicted octanol–water partition coefficient (Wildman–Crippen LogP) is 2.69. The van der Waals surface area contributed by atoms with Crippen LogP contribution in [-0.2, 0) is 6.42 Å². The maximum atomic E-state index is 13.0. The van der Waals surface area contributed by atoms with Crippen molar-refractivity contribution in [2.24, 2.45) is 5.92 Å². The molecule has 3 aromatic rings. The summed E-state index contributed by atoms with van der Waals surface area (Å²) in [5, 5.41) is 0. The second kappa shape index (κ2) is 4.59. The summed E-state index contributed by atoms with van der Waals surface area (Å²) >= 11 is 0. The molecular weight excluding hydrogens is 288 g/mol. The monoisotopic (exact) mass is 302 g/mol. The minimum absolute atomic E-state index is 0.0181. The van der Waals surface area contributed by atoms with Gasteiger partial charge in [0.2, 0.25) is 0 Å². The van der Waals surface area contributed by atoms with Gasteiger partial charge in [0, 0.05) is 17.7 Å². The average Bonchev–Trinajstić information content (AvgIpc) is 3.17. The molecular formula is C18H14N4O. The average molecular weight is 302 g/mol. The third-order valence-electron chi connectivity index (χ3n) is 4.99. The Morgan fingerprint density at radius 3 is 2.96 bits per heavy atom. The molecule has 3 heterocycles. The van der Waals surface area contributed by atoms with Crippen LogP contribution in [0.1, 0.15) is 34.1 Å². The van der Waals surface area contributed by atoms with Crippen LogP contribution in [0.2, 0.25) is 0 Å². The zero-order valence-corrected chi connectivity index (χ0v) is 12.4. The number of benzene rings is 1. The van der Waals surface area contributed by atoms with Crippen molar-refractivity contribution in [3.8, 4) is 11.3 Å². The molecule has 0 spiro atoms. The van der Waals surface area contributed by atoms with Gasteiger partial charge in [0.05, 0.1) is 35.5 Å². The molecule has 1 aliphatic heterocycles. The van der Waals surface area contributed by atoms with Gasteiger partial charge in [0.15, 0.2) is 5.78 Å². The highest BCUT2D eigenvalue weighted by molar-refractivity contribution is 6.00. The molecule has 5 heteroatoms. The van der Waals surface area contributed by atoms with E-state index in [1.165, 1.54) is 17.5 Å². The van der Waals surface area contributed by atoms with E-state index < -0.39 is 0 Å². The SMILES string of the molecule is O=C1c2cncnc2CCC1C1c2ccccc2-c2cncn21. The van der Waals surface area contributed by atoms with Crippen LogP contribution in [0.5, 0.6) is 0 Å². The Kier molecular flexibility index (Phi) is 2.53. The van der Waals surface area contributed by atoms with Gasteiger partial charge in [0.25, 0.3) is 0 Å². The van der Waals surface area contributed by atoms with Crippen LogP contribution in [0.4, 0.5) is 0 Å². The minimum Gasteiger partial charge on any atom is -0.322 e. The number of ketones is 1. The zero-order chi connectivity index (χ0) is 15.4. The van der Waals surface area contributed by atoms with E-state index in [1.54, 1.807) is 6.20 Å². The van der Waals surface area contributed by atoms with Crippen LogP contribution in [-0.4, -0.2) is 25.3 Å². The van der Waals surface area contributed by atoms with Crippen LogP contribution >= 0.6 is 0 Å². The van der Waals surface area contributed by atoms with E-state index in [4.69, 9.17) is 0 Å². The van der Waals surface area contributed by atoms with E-state index >= 15 is 0 Å². The summed E-state index contributed by atoms with van der Waals surface area (Å²) in [6.45, 7) is 0. The standard InChI is InChI=1S/C18H14N4O/c23-18-13(5-6-15-14(18)7-19-9-21-15)17-12-4-2-1-3-11(12)16-8-20-10-22(16)17/h1-4,7-10,13,17H,5-6H2. The summed E-state index contributed by atoms with van der Waals surface area (Å²) in [4.78, 5) is 25.6. The molecule has 2 aliphatic rings. The number of rotatable bonds is 1. The van der Waals surface area contributed by atoms with E-state index in [9.17, 15) is 4.79 Å². The Labute approximate surface area is 133 Å². The first-order valence-electron chi connectivity index (χ1n) is 7.79. The summed E-state index contributed by atoms with van der Waals surface area (Å²) in [6.07, 6.45) is 8.52. The zero-order valence-electron chi connectivity index (χ0n) is 12.4. The highest BCUT2D eigenvalue weighted by Gasteiger charge is 2.40. The van der Waals surface area contributed by atoms with Crippen molar-refractivity contribution in [2.75, 3.05) is 0 Å². The quantitative estimate of drug-likeness (QED) is 0.693. The Hall–Kier alpha value is -2.82. The molecule has 0 fully saturated rings. The van der Waals surface area contributed by atoms with Gasteiger partial charge in [-0.05, 0) is 18.4 Å². The van der Waals surface area contributed by atoms with Gasteiger partial charge in [-0.25, -0.2) is 15.0 Å². The molecule has 1 aliphatic carbocycles.